The fraction of sp³-hybridized carbons (Fsp3) is 0.533. The van der Waals surface area contributed by atoms with Gasteiger partial charge in [-0.2, -0.15) is 0 Å². The fourth-order valence-electron chi connectivity index (χ4n) is 2.35. The van der Waals surface area contributed by atoms with E-state index in [1.165, 1.54) is 12.1 Å². The first-order chi connectivity index (χ1) is 9.69. The van der Waals surface area contributed by atoms with Crippen LogP contribution >= 0.6 is 27.7 Å². The number of carbonyl (C=O) groups is 1. The van der Waals surface area contributed by atoms with Crippen molar-refractivity contribution in [1.82, 2.24) is 4.90 Å². The summed E-state index contributed by atoms with van der Waals surface area (Å²) in [7, 11) is 0. The van der Waals surface area contributed by atoms with E-state index in [1.807, 2.05) is 17.0 Å². The summed E-state index contributed by atoms with van der Waals surface area (Å²) in [5.74, 6) is 1.79. The maximum absolute atomic E-state index is 12.1. The minimum atomic E-state index is 0.294. The SMILES string of the molecule is CC[NH+]1CCN(C(=O)CSCc2ccc(Br)cc2)CC1. The van der Waals surface area contributed by atoms with E-state index in [1.54, 1.807) is 16.7 Å². The van der Waals surface area contributed by atoms with E-state index in [9.17, 15) is 4.79 Å². The van der Waals surface area contributed by atoms with Crippen LogP contribution in [0.15, 0.2) is 28.7 Å². The van der Waals surface area contributed by atoms with Crippen LogP contribution in [-0.2, 0) is 10.5 Å². The number of likely N-dealkylation sites (N-methyl/N-ethyl adjacent to an activating group) is 1. The van der Waals surface area contributed by atoms with Gasteiger partial charge in [0.1, 0.15) is 0 Å². The lowest BCUT2D eigenvalue weighted by molar-refractivity contribution is -0.902. The van der Waals surface area contributed by atoms with Gasteiger partial charge in [-0.05, 0) is 24.6 Å². The van der Waals surface area contributed by atoms with Crippen molar-refractivity contribution in [1.29, 1.82) is 0 Å². The van der Waals surface area contributed by atoms with Crippen molar-refractivity contribution < 1.29 is 9.69 Å². The first-order valence-electron chi connectivity index (χ1n) is 7.12. The number of nitrogens with one attached hydrogen (secondary N) is 1. The van der Waals surface area contributed by atoms with Crippen molar-refractivity contribution in [2.45, 2.75) is 12.7 Å². The number of quaternary nitrogens is 1. The normalized spacial score (nSPS) is 16.4. The molecule has 1 fully saturated rings. The monoisotopic (exact) mass is 357 g/mol. The van der Waals surface area contributed by atoms with Crippen molar-refractivity contribution in [3.63, 3.8) is 0 Å². The predicted molar refractivity (Wildman–Crippen MR) is 88.1 cm³/mol. The Labute approximate surface area is 133 Å². The molecule has 0 saturated carbocycles. The molecular weight excluding hydrogens is 336 g/mol. The summed E-state index contributed by atoms with van der Waals surface area (Å²) in [4.78, 5) is 15.8. The van der Waals surface area contributed by atoms with Crippen LogP contribution in [0.25, 0.3) is 0 Å². The zero-order valence-corrected chi connectivity index (χ0v) is 14.3. The van der Waals surface area contributed by atoms with Crippen LogP contribution in [0.1, 0.15) is 12.5 Å². The quantitative estimate of drug-likeness (QED) is 0.862. The number of amides is 1. The van der Waals surface area contributed by atoms with Crippen LogP contribution in [0, 0.1) is 0 Å². The number of nitrogens with zero attached hydrogens (tertiary/aromatic N) is 1. The van der Waals surface area contributed by atoms with Crippen LogP contribution in [0.5, 0.6) is 0 Å². The van der Waals surface area contributed by atoms with Gasteiger partial charge < -0.3 is 9.80 Å². The van der Waals surface area contributed by atoms with Gasteiger partial charge in [0.25, 0.3) is 0 Å². The summed E-state index contributed by atoms with van der Waals surface area (Å²) in [5, 5.41) is 0. The molecular formula is C15H22BrN2OS+. The average Bonchev–Trinajstić information content (AvgIpc) is 2.49. The molecule has 1 aliphatic rings. The Morgan fingerprint density at radius 1 is 1.30 bits per heavy atom. The summed E-state index contributed by atoms with van der Waals surface area (Å²) in [6, 6.07) is 8.30. The van der Waals surface area contributed by atoms with E-state index in [2.05, 4.69) is 35.0 Å². The summed E-state index contributed by atoms with van der Waals surface area (Å²) in [6.45, 7) is 7.40. The van der Waals surface area contributed by atoms with Crippen molar-refractivity contribution in [3.05, 3.63) is 34.3 Å². The minimum absolute atomic E-state index is 0.294. The van der Waals surface area contributed by atoms with E-state index in [0.717, 1.165) is 36.4 Å². The van der Waals surface area contributed by atoms with Gasteiger partial charge in [0.05, 0.1) is 38.5 Å². The average molecular weight is 358 g/mol. The molecule has 0 unspecified atom stereocenters. The first kappa shape index (κ1) is 15.9. The molecule has 1 aliphatic heterocycles. The molecule has 0 aromatic heterocycles. The van der Waals surface area contributed by atoms with Crippen LogP contribution in [0.3, 0.4) is 0 Å². The molecule has 0 radical (unpaired) electrons. The molecule has 1 N–H and O–H groups in total. The summed E-state index contributed by atoms with van der Waals surface area (Å²) < 4.78 is 1.10. The van der Waals surface area contributed by atoms with E-state index in [-0.39, 0.29) is 0 Å². The number of rotatable bonds is 5. The molecule has 1 heterocycles. The molecule has 0 aliphatic carbocycles. The number of thioether (sulfide) groups is 1. The smallest absolute Gasteiger partial charge is 0.232 e. The lowest BCUT2D eigenvalue weighted by Gasteiger charge is -2.31. The molecule has 20 heavy (non-hydrogen) atoms. The van der Waals surface area contributed by atoms with Gasteiger partial charge in [0.2, 0.25) is 5.91 Å². The van der Waals surface area contributed by atoms with Gasteiger partial charge in [0.15, 0.2) is 0 Å². The highest BCUT2D eigenvalue weighted by molar-refractivity contribution is 9.10. The van der Waals surface area contributed by atoms with Gasteiger partial charge in [-0.1, -0.05) is 28.1 Å². The second-order valence-corrected chi connectivity index (χ2v) is 7.00. The van der Waals surface area contributed by atoms with Gasteiger partial charge in [0, 0.05) is 10.2 Å². The summed E-state index contributed by atoms with van der Waals surface area (Å²) >= 11 is 5.14. The Morgan fingerprint density at radius 3 is 2.55 bits per heavy atom. The Hall–Kier alpha value is -0.520. The Morgan fingerprint density at radius 2 is 1.95 bits per heavy atom. The third-order valence-electron chi connectivity index (χ3n) is 3.73. The second-order valence-electron chi connectivity index (χ2n) is 5.10. The number of benzene rings is 1. The maximum Gasteiger partial charge on any atom is 0.232 e. The molecule has 1 saturated heterocycles. The Kier molecular flexibility index (Phi) is 6.39. The Balaban J connectivity index is 1.69. The van der Waals surface area contributed by atoms with E-state index >= 15 is 0 Å². The van der Waals surface area contributed by atoms with E-state index in [0.29, 0.717) is 11.7 Å². The molecule has 110 valence electrons. The van der Waals surface area contributed by atoms with Gasteiger partial charge in [-0.25, -0.2) is 0 Å². The zero-order valence-electron chi connectivity index (χ0n) is 11.9. The highest BCUT2D eigenvalue weighted by atomic mass is 79.9. The Bertz CT molecular complexity index is 430. The number of hydrogen-bond acceptors (Lipinski definition) is 2. The largest absolute Gasteiger partial charge is 0.332 e. The molecule has 1 aromatic carbocycles. The topological polar surface area (TPSA) is 24.8 Å². The van der Waals surface area contributed by atoms with Crippen molar-refractivity contribution in [2.75, 3.05) is 38.5 Å². The number of halogens is 1. The maximum atomic E-state index is 12.1. The highest BCUT2D eigenvalue weighted by Gasteiger charge is 2.22. The minimum Gasteiger partial charge on any atom is -0.332 e. The van der Waals surface area contributed by atoms with Crippen molar-refractivity contribution in [3.8, 4) is 0 Å². The van der Waals surface area contributed by atoms with Crippen LogP contribution in [0.4, 0.5) is 0 Å². The third kappa shape index (κ3) is 4.79. The highest BCUT2D eigenvalue weighted by Crippen LogP contribution is 2.16. The molecule has 5 heteroatoms. The molecule has 3 nitrogen and oxygen atoms in total. The van der Waals surface area contributed by atoms with Gasteiger partial charge >= 0.3 is 0 Å². The van der Waals surface area contributed by atoms with Gasteiger partial charge in [-0.15, -0.1) is 11.8 Å². The molecule has 0 bridgehead atoms. The van der Waals surface area contributed by atoms with Crippen molar-refractivity contribution >= 4 is 33.6 Å². The molecule has 0 atom stereocenters. The second kappa shape index (κ2) is 8.05. The van der Waals surface area contributed by atoms with E-state index in [4.69, 9.17) is 0 Å². The van der Waals surface area contributed by atoms with Crippen LogP contribution in [-0.4, -0.2) is 49.3 Å². The lowest BCUT2D eigenvalue weighted by atomic mass is 10.2. The zero-order chi connectivity index (χ0) is 14.4. The first-order valence-corrected chi connectivity index (χ1v) is 9.07. The fourth-order valence-corrected chi connectivity index (χ4v) is 3.51. The van der Waals surface area contributed by atoms with Crippen LogP contribution in [0.2, 0.25) is 0 Å². The predicted octanol–water partition coefficient (Wildman–Crippen LogP) is 1.43. The number of hydrogen-bond donors (Lipinski definition) is 1. The molecule has 0 spiro atoms. The third-order valence-corrected chi connectivity index (χ3v) is 5.25. The van der Waals surface area contributed by atoms with E-state index < -0.39 is 0 Å². The summed E-state index contributed by atoms with van der Waals surface area (Å²) in [5.41, 5.74) is 1.27. The number of carbonyl (C=O) groups excluding carboxylic acids is 1. The van der Waals surface area contributed by atoms with Crippen LogP contribution < -0.4 is 4.90 Å². The van der Waals surface area contributed by atoms with Gasteiger partial charge in [-0.3, -0.25) is 4.79 Å². The van der Waals surface area contributed by atoms with Crippen molar-refractivity contribution in [2.24, 2.45) is 0 Å². The lowest BCUT2D eigenvalue weighted by Crippen LogP contribution is -3.14. The molecule has 1 amide bonds. The summed E-state index contributed by atoms with van der Waals surface area (Å²) in [6.07, 6.45) is 0. The molecule has 1 aromatic rings. The standard InChI is InChI=1S/C15H21BrN2OS/c1-2-17-7-9-18(10-8-17)15(19)12-20-11-13-3-5-14(16)6-4-13/h3-6H,2,7-12H2,1H3/p+1. The number of piperazine rings is 1. The molecule has 2 rings (SSSR count).